The normalized spacial score (nSPS) is 19.5. The van der Waals surface area contributed by atoms with E-state index in [-0.39, 0.29) is 12.7 Å². The van der Waals surface area contributed by atoms with Gasteiger partial charge in [-0.2, -0.15) is 0 Å². The zero-order valence-corrected chi connectivity index (χ0v) is 10.8. The van der Waals surface area contributed by atoms with Crippen LogP contribution < -0.4 is 5.73 Å². The fraction of sp³-hybridized carbons (Fsp3) is 0.462. The van der Waals surface area contributed by atoms with Gasteiger partial charge in [-0.05, 0) is 37.5 Å². The standard InChI is InChI=1S/C13H16ClNO3/c14-9-4-5-12(15)11(7-9)13(16)18-8-10-3-1-2-6-17-10/h4-5,7,10H,1-3,6,8,15H2/t10-/m0/s1. The topological polar surface area (TPSA) is 61.6 Å². The number of carbonyl (C=O) groups is 1. The van der Waals surface area contributed by atoms with Gasteiger partial charge >= 0.3 is 5.97 Å². The summed E-state index contributed by atoms with van der Waals surface area (Å²) in [5.74, 6) is -0.454. The maximum atomic E-state index is 11.8. The van der Waals surface area contributed by atoms with E-state index in [1.165, 1.54) is 6.07 Å². The number of ether oxygens (including phenoxy) is 2. The zero-order chi connectivity index (χ0) is 13.0. The highest BCUT2D eigenvalue weighted by molar-refractivity contribution is 6.31. The maximum Gasteiger partial charge on any atom is 0.340 e. The summed E-state index contributed by atoms with van der Waals surface area (Å²) in [5.41, 5.74) is 6.38. The predicted octanol–water partition coefficient (Wildman–Crippen LogP) is 2.65. The number of esters is 1. The van der Waals surface area contributed by atoms with Crippen LogP contribution in [-0.2, 0) is 9.47 Å². The summed E-state index contributed by atoms with van der Waals surface area (Å²) in [7, 11) is 0. The Morgan fingerprint density at radius 2 is 2.33 bits per heavy atom. The number of nitrogen functional groups attached to an aromatic ring is 1. The summed E-state index contributed by atoms with van der Waals surface area (Å²) in [4.78, 5) is 11.8. The highest BCUT2D eigenvalue weighted by Crippen LogP contribution is 2.19. The van der Waals surface area contributed by atoms with Crippen molar-refractivity contribution in [2.24, 2.45) is 0 Å². The molecule has 2 N–H and O–H groups in total. The second kappa shape index (κ2) is 6.07. The number of rotatable bonds is 3. The Bertz CT molecular complexity index is 430. The first-order chi connectivity index (χ1) is 8.66. The molecule has 1 aromatic rings. The smallest absolute Gasteiger partial charge is 0.340 e. The van der Waals surface area contributed by atoms with Gasteiger partial charge in [-0.25, -0.2) is 4.79 Å². The lowest BCUT2D eigenvalue weighted by molar-refractivity contribution is -0.0300. The summed E-state index contributed by atoms with van der Waals surface area (Å²) in [6.07, 6.45) is 3.12. The van der Waals surface area contributed by atoms with Crippen molar-refractivity contribution in [1.82, 2.24) is 0 Å². The summed E-state index contributed by atoms with van der Waals surface area (Å²) in [6, 6.07) is 4.74. The van der Waals surface area contributed by atoms with Crippen LogP contribution in [0.4, 0.5) is 5.69 Å². The van der Waals surface area contributed by atoms with Gasteiger partial charge in [0, 0.05) is 17.3 Å². The van der Waals surface area contributed by atoms with Crippen molar-refractivity contribution in [3.63, 3.8) is 0 Å². The molecular weight excluding hydrogens is 254 g/mol. The van der Waals surface area contributed by atoms with Gasteiger partial charge in [-0.3, -0.25) is 0 Å². The van der Waals surface area contributed by atoms with E-state index in [2.05, 4.69) is 0 Å². The van der Waals surface area contributed by atoms with Crippen LogP contribution in [0.1, 0.15) is 29.6 Å². The number of hydrogen-bond donors (Lipinski definition) is 1. The molecule has 1 aliphatic rings. The molecular formula is C13H16ClNO3. The Balaban J connectivity index is 1.92. The SMILES string of the molecule is Nc1ccc(Cl)cc1C(=O)OC[C@@H]1CCCCO1. The quantitative estimate of drug-likeness (QED) is 0.677. The van der Waals surface area contributed by atoms with E-state index in [1.807, 2.05) is 0 Å². The first kappa shape index (κ1) is 13.2. The molecule has 98 valence electrons. The molecule has 1 atom stereocenters. The van der Waals surface area contributed by atoms with Crippen molar-refractivity contribution in [3.8, 4) is 0 Å². The summed E-state index contributed by atoms with van der Waals surface area (Å²) >= 11 is 5.82. The van der Waals surface area contributed by atoms with Crippen molar-refractivity contribution in [2.45, 2.75) is 25.4 Å². The van der Waals surface area contributed by atoms with E-state index in [1.54, 1.807) is 12.1 Å². The Morgan fingerprint density at radius 3 is 3.06 bits per heavy atom. The molecule has 0 spiro atoms. The number of halogens is 1. The number of anilines is 1. The summed E-state index contributed by atoms with van der Waals surface area (Å²) in [5, 5.41) is 0.463. The van der Waals surface area contributed by atoms with Gasteiger partial charge in [0.2, 0.25) is 0 Å². The first-order valence-corrected chi connectivity index (χ1v) is 6.38. The van der Waals surface area contributed by atoms with Crippen molar-refractivity contribution >= 4 is 23.3 Å². The number of hydrogen-bond acceptors (Lipinski definition) is 4. The largest absolute Gasteiger partial charge is 0.459 e. The molecule has 0 bridgehead atoms. The minimum absolute atomic E-state index is 0.00288. The van der Waals surface area contributed by atoms with Crippen LogP contribution in [0.5, 0.6) is 0 Å². The predicted molar refractivity (Wildman–Crippen MR) is 69.7 cm³/mol. The molecule has 4 nitrogen and oxygen atoms in total. The van der Waals surface area contributed by atoms with Crippen LogP contribution in [-0.4, -0.2) is 25.3 Å². The minimum atomic E-state index is -0.454. The van der Waals surface area contributed by atoms with Crippen LogP contribution >= 0.6 is 11.6 Å². The Kier molecular flexibility index (Phi) is 4.44. The maximum absolute atomic E-state index is 11.8. The summed E-state index contributed by atoms with van der Waals surface area (Å²) in [6.45, 7) is 1.01. The molecule has 1 saturated heterocycles. The van der Waals surface area contributed by atoms with Crippen LogP contribution in [0.15, 0.2) is 18.2 Å². The minimum Gasteiger partial charge on any atom is -0.459 e. The van der Waals surface area contributed by atoms with Gasteiger partial charge in [-0.1, -0.05) is 11.6 Å². The molecule has 0 saturated carbocycles. The van der Waals surface area contributed by atoms with E-state index in [4.69, 9.17) is 26.8 Å². The fourth-order valence-electron chi connectivity index (χ4n) is 1.89. The zero-order valence-electron chi connectivity index (χ0n) is 10.0. The number of nitrogens with two attached hydrogens (primary N) is 1. The van der Waals surface area contributed by atoms with Crippen LogP contribution in [0.2, 0.25) is 5.02 Å². The average Bonchev–Trinajstić information content (AvgIpc) is 2.40. The van der Waals surface area contributed by atoms with Gasteiger partial charge in [0.15, 0.2) is 0 Å². The highest BCUT2D eigenvalue weighted by atomic mass is 35.5. The first-order valence-electron chi connectivity index (χ1n) is 6.00. The Morgan fingerprint density at radius 1 is 1.50 bits per heavy atom. The van der Waals surface area contributed by atoms with Crippen molar-refractivity contribution < 1.29 is 14.3 Å². The van der Waals surface area contributed by atoms with Crippen molar-refractivity contribution in [3.05, 3.63) is 28.8 Å². The Hall–Kier alpha value is -1.26. The molecule has 5 heteroatoms. The van der Waals surface area contributed by atoms with E-state index in [0.717, 1.165) is 25.9 Å². The van der Waals surface area contributed by atoms with Crippen molar-refractivity contribution in [2.75, 3.05) is 18.9 Å². The number of benzene rings is 1. The number of carbonyl (C=O) groups excluding carboxylic acids is 1. The molecule has 1 fully saturated rings. The molecule has 1 heterocycles. The average molecular weight is 270 g/mol. The van der Waals surface area contributed by atoms with E-state index < -0.39 is 5.97 Å². The van der Waals surface area contributed by atoms with Gasteiger partial charge in [0.05, 0.1) is 11.7 Å². The molecule has 0 aliphatic carbocycles. The third-order valence-electron chi connectivity index (χ3n) is 2.91. The second-order valence-electron chi connectivity index (χ2n) is 4.32. The molecule has 1 aromatic carbocycles. The third-order valence-corrected chi connectivity index (χ3v) is 3.14. The van der Waals surface area contributed by atoms with Crippen LogP contribution in [0, 0.1) is 0 Å². The third kappa shape index (κ3) is 3.37. The van der Waals surface area contributed by atoms with E-state index in [9.17, 15) is 4.79 Å². The fourth-order valence-corrected chi connectivity index (χ4v) is 2.06. The van der Waals surface area contributed by atoms with Gasteiger partial charge in [-0.15, -0.1) is 0 Å². The molecule has 1 aliphatic heterocycles. The summed E-state index contributed by atoms with van der Waals surface area (Å²) < 4.78 is 10.7. The van der Waals surface area contributed by atoms with Crippen LogP contribution in [0.3, 0.4) is 0 Å². The molecule has 0 aromatic heterocycles. The second-order valence-corrected chi connectivity index (χ2v) is 4.76. The van der Waals surface area contributed by atoms with E-state index in [0.29, 0.717) is 16.3 Å². The van der Waals surface area contributed by atoms with Crippen molar-refractivity contribution in [1.29, 1.82) is 0 Å². The lowest BCUT2D eigenvalue weighted by atomic mass is 10.1. The van der Waals surface area contributed by atoms with Crippen LogP contribution in [0.25, 0.3) is 0 Å². The monoisotopic (exact) mass is 269 g/mol. The van der Waals surface area contributed by atoms with Gasteiger partial charge < -0.3 is 15.2 Å². The van der Waals surface area contributed by atoms with E-state index >= 15 is 0 Å². The lowest BCUT2D eigenvalue weighted by Gasteiger charge is -2.22. The molecule has 2 rings (SSSR count). The van der Waals surface area contributed by atoms with Gasteiger partial charge in [0.1, 0.15) is 6.61 Å². The Labute approximate surface area is 111 Å². The molecule has 0 radical (unpaired) electrons. The molecule has 0 amide bonds. The lowest BCUT2D eigenvalue weighted by Crippen LogP contribution is -2.26. The molecule has 18 heavy (non-hydrogen) atoms. The molecule has 0 unspecified atom stereocenters. The highest BCUT2D eigenvalue weighted by Gasteiger charge is 2.18. The van der Waals surface area contributed by atoms with Gasteiger partial charge in [0.25, 0.3) is 0 Å².